The Morgan fingerprint density at radius 3 is 2.12 bits per heavy atom. The Hall–Kier alpha value is -2.28. The smallest absolute Gasteiger partial charge is 0.203 e. The lowest BCUT2D eigenvalue weighted by atomic mass is 10.1. The van der Waals surface area contributed by atoms with Gasteiger partial charge in [0.1, 0.15) is 5.82 Å². The highest BCUT2D eigenvalue weighted by Crippen LogP contribution is 2.38. The molecule has 1 aromatic carbocycles. The number of piperazine rings is 1. The molecule has 11 heteroatoms. The van der Waals surface area contributed by atoms with Crippen LogP contribution in [0.1, 0.15) is 17.2 Å². The fourth-order valence-corrected chi connectivity index (χ4v) is 3.70. The van der Waals surface area contributed by atoms with Crippen LogP contribution in [-0.2, 0) is 20.1 Å². The second kappa shape index (κ2) is 12.1. The van der Waals surface area contributed by atoms with Crippen molar-refractivity contribution in [3.63, 3.8) is 0 Å². The average molecular weight is 559 g/mol. The number of benzene rings is 1. The number of rotatable bonds is 7. The van der Waals surface area contributed by atoms with Gasteiger partial charge in [-0.25, -0.2) is 0 Å². The molecular weight excluding hydrogens is 525 g/mol. The largest absolute Gasteiger partial charge is 0.493 e. The SMILES string of the molecule is CN=C(NCc1nnc(C)n1C)N1CCN(Cc2cc(OC)c(OC)c(OC)c2)CC1.I. The Labute approximate surface area is 207 Å². The van der Waals surface area contributed by atoms with Gasteiger partial charge in [0.15, 0.2) is 23.3 Å². The van der Waals surface area contributed by atoms with Crippen molar-refractivity contribution in [3.05, 3.63) is 29.3 Å². The number of hydrogen-bond donors (Lipinski definition) is 1. The van der Waals surface area contributed by atoms with E-state index in [-0.39, 0.29) is 24.0 Å². The van der Waals surface area contributed by atoms with Gasteiger partial charge in [-0.3, -0.25) is 9.89 Å². The Morgan fingerprint density at radius 2 is 1.66 bits per heavy atom. The molecule has 1 aromatic heterocycles. The van der Waals surface area contributed by atoms with E-state index in [1.165, 1.54) is 0 Å². The maximum absolute atomic E-state index is 5.48. The van der Waals surface area contributed by atoms with Gasteiger partial charge in [-0.2, -0.15) is 0 Å². The number of aromatic nitrogens is 3. The molecule has 0 saturated carbocycles. The maximum atomic E-state index is 5.48. The van der Waals surface area contributed by atoms with Crippen LogP contribution >= 0.6 is 24.0 Å². The highest BCUT2D eigenvalue weighted by atomic mass is 127. The van der Waals surface area contributed by atoms with Crippen LogP contribution in [-0.4, -0.2) is 85.1 Å². The molecule has 10 nitrogen and oxygen atoms in total. The summed E-state index contributed by atoms with van der Waals surface area (Å²) in [5, 5.41) is 11.7. The minimum absolute atomic E-state index is 0. The lowest BCUT2D eigenvalue weighted by Crippen LogP contribution is -2.52. The Balaban J connectivity index is 0.00000363. The molecule has 0 spiro atoms. The van der Waals surface area contributed by atoms with Gasteiger partial charge in [0.2, 0.25) is 5.75 Å². The van der Waals surface area contributed by atoms with Crippen molar-refractivity contribution < 1.29 is 14.2 Å². The fraction of sp³-hybridized carbons (Fsp3) is 0.571. The molecule has 0 atom stereocenters. The number of guanidine groups is 1. The van der Waals surface area contributed by atoms with E-state index in [2.05, 4.69) is 30.3 Å². The van der Waals surface area contributed by atoms with E-state index in [4.69, 9.17) is 14.2 Å². The van der Waals surface area contributed by atoms with Gasteiger partial charge in [-0.1, -0.05) is 0 Å². The van der Waals surface area contributed by atoms with Gasteiger partial charge in [-0.05, 0) is 24.6 Å². The predicted octanol–water partition coefficient (Wildman–Crippen LogP) is 1.66. The Bertz CT molecular complexity index is 886. The molecule has 3 rings (SSSR count). The number of halogens is 1. The Kier molecular flexibility index (Phi) is 9.82. The van der Waals surface area contributed by atoms with Crippen LogP contribution in [0.25, 0.3) is 0 Å². The first-order valence-electron chi connectivity index (χ1n) is 10.3. The zero-order valence-electron chi connectivity index (χ0n) is 19.7. The molecule has 2 heterocycles. The van der Waals surface area contributed by atoms with E-state index >= 15 is 0 Å². The molecule has 0 amide bonds. The molecule has 1 aliphatic heterocycles. The van der Waals surface area contributed by atoms with Crippen LogP contribution in [0.5, 0.6) is 17.2 Å². The normalized spacial score (nSPS) is 14.7. The molecule has 0 unspecified atom stereocenters. The second-order valence-corrected chi connectivity index (χ2v) is 7.42. The van der Waals surface area contributed by atoms with E-state index in [0.717, 1.165) is 55.9 Å². The van der Waals surface area contributed by atoms with Gasteiger partial charge in [0.25, 0.3) is 0 Å². The van der Waals surface area contributed by atoms with Crippen molar-refractivity contribution >= 4 is 29.9 Å². The zero-order chi connectivity index (χ0) is 22.4. The van der Waals surface area contributed by atoms with E-state index in [9.17, 15) is 0 Å². The summed E-state index contributed by atoms with van der Waals surface area (Å²) < 4.78 is 18.4. The molecule has 2 aromatic rings. The lowest BCUT2D eigenvalue weighted by molar-refractivity contribution is 0.172. The molecule has 1 N–H and O–H groups in total. The van der Waals surface area contributed by atoms with Crippen molar-refractivity contribution in [1.82, 2.24) is 29.9 Å². The van der Waals surface area contributed by atoms with E-state index in [0.29, 0.717) is 23.8 Å². The summed E-state index contributed by atoms with van der Waals surface area (Å²) in [6.45, 7) is 6.99. The van der Waals surface area contributed by atoms with Crippen LogP contribution in [0, 0.1) is 6.92 Å². The number of nitrogens with one attached hydrogen (secondary N) is 1. The van der Waals surface area contributed by atoms with Gasteiger partial charge < -0.3 is 29.0 Å². The Morgan fingerprint density at radius 1 is 1.03 bits per heavy atom. The monoisotopic (exact) mass is 559 g/mol. The van der Waals surface area contributed by atoms with Crippen molar-refractivity contribution in [1.29, 1.82) is 0 Å². The third-order valence-electron chi connectivity index (χ3n) is 5.60. The topological polar surface area (TPSA) is 89.3 Å². The van der Waals surface area contributed by atoms with Crippen LogP contribution < -0.4 is 19.5 Å². The molecule has 0 radical (unpaired) electrons. The fourth-order valence-electron chi connectivity index (χ4n) is 3.70. The minimum atomic E-state index is 0. The van der Waals surface area contributed by atoms with Crippen LogP contribution in [0.15, 0.2) is 17.1 Å². The van der Waals surface area contributed by atoms with Gasteiger partial charge >= 0.3 is 0 Å². The van der Waals surface area contributed by atoms with E-state index < -0.39 is 0 Å². The van der Waals surface area contributed by atoms with Gasteiger partial charge in [0.05, 0.1) is 27.9 Å². The standard InChI is InChI=1S/C21H33N7O3.HI/c1-15-24-25-19(26(15)3)13-23-21(22-2)28-9-7-27(8-10-28)14-16-11-17(29-4)20(31-6)18(12-16)30-5;/h11-12H,7-10,13-14H2,1-6H3,(H,22,23);1H. The molecule has 32 heavy (non-hydrogen) atoms. The zero-order valence-corrected chi connectivity index (χ0v) is 22.0. The summed E-state index contributed by atoms with van der Waals surface area (Å²) in [6, 6.07) is 4.02. The predicted molar refractivity (Wildman–Crippen MR) is 134 cm³/mol. The highest BCUT2D eigenvalue weighted by molar-refractivity contribution is 14.0. The third-order valence-corrected chi connectivity index (χ3v) is 5.60. The maximum Gasteiger partial charge on any atom is 0.203 e. The molecule has 0 bridgehead atoms. The van der Waals surface area contributed by atoms with Crippen molar-refractivity contribution in [2.24, 2.45) is 12.0 Å². The number of aliphatic imine (C=N–C) groups is 1. The lowest BCUT2D eigenvalue weighted by Gasteiger charge is -2.36. The molecule has 178 valence electrons. The summed E-state index contributed by atoms with van der Waals surface area (Å²) >= 11 is 0. The first-order valence-corrected chi connectivity index (χ1v) is 10.3. The molecule has 1 saturated heterocycles. The highest BCUT2D eigenvalue weighted by Gasteiger charge is 2.21. The number of aryl methyl sites for hydroxylation is 1. The van der Waals surface area contributed by atoms with Crippen molar-refractivity contribution in [2.45, 2.75) is 20.0 Å². The summed E-state index contributed by atoms with van der Waals surface area (Å²) in [5.74, 6) is 4.64. The average Bonchev–Trinajstić information content (AvgIpc) is 3.12. The van der Waals surface area contributed by atoms with E-state index in [1.807, 2.05) is 37.7 Å². The number of ether oxygens (including phenoxy) is 3. The van der Waals surface area contributed by atoms with Crippen LogP contribution in [0.3, 0.4) is 0 Å². The van der Waals surface area contributed by atoms with Gasteiger partial charge in [-0.15, -0.1) is 34.2 Å². The third kappa shape index (κ3) is 5.94. The van der Waals surface area contributed by atoms with Crippen molar-refractivity contribution in [2.75, 3.05) is 54.6 Å². The van der Waals surface area contributed by atoms with Crippen molar-refractivity contribution in [3.8, 4) is 17.2 Å². The summed E-state index contributed by atoms with van der Waals surface area (Å²) in [7, 11) is 8.68. The summed E-state index contributed by atoms with van der Waals surface area (Å²) in [6.07, 6.45) is 0. The summed E-state index contributed by atoms with van der Waals surface area (Å²) in [4.78, 5) is 9.13. The first kappa shape index (κ1) is 26.0. The molecule has 1 fully saturated rings. The second-order valence-electron chi connectivity index (χ2n) is 7.42. The summed E-state index contributed by atoms with van der Waals surface area (Å²) in [5.41, 5.74) is 1.13. The molecule has 0 aliphatic carbocycles. The quantitative estimate of drug-likeness (QED) is 0.312. The van der Waals surface area contributed by atoms with Gasteiger partial charge in [0, 0.05) is 46.8 Å². The minimum Gasteiger partial charge on any atom is -0.493 e. The molecule has 1 aliphatic rings. The molecular formula is C21H34IN7O3. The van der Waals surface area contributed by atoms with Crippen LogP contribution in [0.2, 0.25) is 0 Å². The number of hydrogen-bond acceptors (Lipinski definition) is 7. The number of nitrogens with zero attached hydrogens (tertiary/aromatic N) is 6. The van der Waals surface area contributed by atoms with Crippen LogP contribution in [0.4, 0.5) is 0 Å². The number of methoxy groups -OCH3 is 3. The first-order chi connectivity index (χ1) is 15.0. The van der Waals surface area contributed by atoms with E-state index in [1.54, 1.807) is 21.3 Å².